The molecule has 2 aromatic rings. The van der Waals surface area contributed by atoms with Crippen LogP contribution in [-0.4, -0.2) is 31.6 Å². The molecule has 0 bridgehead atoms. The molecule has 1 N–H and O–H groups in total. The highest BCUT2D eigenvalue weighted by atomic mass is 16.5. The van der Waals surface area contributed by atoms with Crippen molar-refractivity contribution in [3.05, 3.63) is 48.0 Å². The molecular weight excluding hydrogens is 320 g/mol. The molecular formula is C19H20N2O4. The lowest BCUT2D eigenvalue weighted by atomic mass is 10.1. The molecule has 6 nitrogen and oxygen atoms in total. The van der Waals surface area contributed by atoms with Crippen molar-refractivity contribution in [2.45, 2.75) is 20.0 Å². The van der Waals surface area contributed by atoms with Gasteiger partial charge < -0.3 is 19.7 Å². The number of nitrogens with one attached hydrogen (secondary N) is 1. The number of anilines is 2. The van der Waals surface area contributed by atoms with Crippen molar-refractivity contribution in [3.8, 4) is 11.5 Å². The lowest BCUT2D eigenvalue weighted by Gasteiger charge is -2.30. The maximum absolute atomic E-state index is 12.5. The molecule has 3 rings (SSSR count). The third-order valence-corrected chi connectivity index (χ3v) is 3.99. The first-order valence-electron chi connectivity index (χ1n) is 8.12. The van der Waals surface area contributed by atoms with Crippen molar-refractivity contribution in [3.63, 3.8) is 0 Å². The molecule has 1 atom stereocenters. The number of carbonyl (C=O) groups excluding carboxylic acids is 2. The highest BCUT2D eigenvalue weighted by molar-refractivity contribution is 6.06. The maximum Gasteiger partial charge on any atom is 0.267 e. The zero-order valence-electron chi connectivity index (χ0n) is 14.4. The molecule has 0 fully saturated rings. The highest BCUT2D eigenvalue weighted by Crippen LogP contribution is 2.34. The van der Waals surface area contributed by atoms with Crippen LogP contribution in [-0.2, 0) is 4.79 Å². The van der Waals surface area contributed by atoms with E-state index in [9.17, 15) is 9.59 Å². The van der Waals surface area contributed by atoms with Crippen LogP contribution in [0, 0.1) is 0 Å². The Bertz CT molecular complexity index is 802. The number of benzene rings is 2. The molecule has 0 radical (unpaired) electrons. The number of amides is 2. The second-order valence-electron chi connectivity index (χ2n) is 5.75. The van der Waals surface area contributed by atoms with Crippen molar-refractivity contribution >= 4 is 23.2 Å². The van der Waals surface area contributed by atoms with E-state index in [-0.39, 0.29) is 11.8 Å². The van der Waals surface area contributed by atoms with Crippen molar-refractivity contribution < 1.29 is 19.1 Å². The first kappa shape index (κ1) is 16.8. The molecule has 130 valence electrons. The van der Waals surface area contributed by atoms with E-state index >= 15 is 0 Å². The van der Waals surface area contributed by atoms with E-state index < -0.39 is 6.10 Å². The van der Waals surface area contributed by atoms with Gasteiger partial charge in [0.2, 0.25) is 0 Å². The molecule has 25 heavy (non-hydrogen) atoms. The number of likely N-dealkylation sites (N-methyl/N-ethyl adjacent to an activating group) is 1. The third kappa shape index (κ3) is 3.42. The largest absolute Gasteiger partial charge is 0.494 e. The predicted molar refractivity (Wildman–Crippen MR) is 95.5 cm³/mol. The van der Waals surface area contributed by atoms with Gasteiger partial charge in [-0.2, -0.15) is 0 Å². The minimum absolute atomic E-state index is 0.142. The summed E-state index contributed by atoms with van der Waals surface area (Å²) in [6.07, 6.45) is -0.527. The fourth-order valence-electron chi connectivity index (χ4n) is 2.66. The van der Waals surface area contributed by atoms with Gasteiger partial charge in [-0.3, -0.25) is 9.59 Å². The Morgan fingerprint density at radius 3 is 2.64 bits per heavy atom. The predicted octanol–water partition coefficient (Wildman–Crippen LogP) is 3.08. The molecule has 2 amide bonds. The van der Waals surface area contributed by atoms with Gasteiger partial charge in [0.25, 0.3) is 11.8 Å². The second-order valence-corrected chi connectivity index (χ2v) is 5.75. The molecule has 0 aromatic heterocycles. The van der Waals surface area contributed by atoms with Crippen LogP contribution in [0.2, 0.25) is 0 Å². The van der Waals surface area contributed by atoms with Crippen molar-refractivity contribution in [1.29, 1.82) is 0 Å². The van der Waals surface area contributed by atoms with Crippen LogP contribution in [0.3, 0.4) is 0 Å². The van der Waals surface area contributed by atoms with Crippen LogP contribution >= 0.6 is 0 Å². The number of fused-ring (bicyclic) bond motifs is 1. The van der Waals surface area contributed by atoms with Gasteiger partial charge in [-0.05, 0) is 56.3 Å². The smallest absolute Gasteiger partial charge is 0.267 e. The Morgan fingerprint density at radius 1 is 1.24 bits per heavy atom. The molecule has 1 heterocycles. The average Bonchev–Trinajstić information content (AvgIpc) is 2.61. The third-order valence-electron chi connectivity index (χ3n) is 3.99. The minimum atomic E-state index is -0.527. The summed E-state index contributed by atoms with van der Waals surface area (Å²) in [5, 5.41) is 2.83. The molecule has 1 aliphatic heterocycles. The Balaban J connectivity index is 1.78. The first-order chi connectivity index (χ1) is 12.0. The van der Waals surface area contributed by atoms with Crippen LogP contribution in [0.15, 0.2) is 42.5 Å². The van der Waals surface area contributed by atoms with E-state index in [1.807, 2.05) is 6.92 Å². The lowest BCUT2D eigenvalue weighted by molar-refractivity contribution is -0.125. The maximum atomic E-state index is 12.5. The number of carbonyl (C=O) groups is 2. The Morgan fingerprint density at radius 2 is 1.96 bits per heavy atom. The number of ether oxygens (including phenoxy) is 2. The van der Waals surface area contributed by atoms with E-state index in [0.717, 1.165) is 5.75 Å². The van der Waals surface area contributed by atoms with Crippen molar-refractivity contribution in [2.75, 3.05) is 23.9 Å². The van der Waals surface area contributed by atoms with Gasteiger partial charge >= 0.3 is 0 Å². The molecule has 0 aliphatic carbocycles. The summed E-state index contributed by atoms with van der Waals surface area (Å²) < 4.78 is 10.9. The summed E-state index contributed by atoms with van der Waals surface area (Å²) in [5.41, 5.74) is 1.70. The number of nitrogens with zero attached hydrogens (tertiary/aromatic N) is 1. The molecule has 1 aliphatic rings. The summed E-state index contributed by atoms with van der Waals surface area (Å²) in [6.45, 7) is 4.21. The van der Waals surface area contributed by atoms with E-state index in [4.69, 9.17) is 9.47 Å². The molecule has 2 aromatic carbocycles. The fraction of sp³-hybridized carbons (Fsp3) is 0.263. The first-order valence-corrected chi connectivity index (χ1v) is 8.12. The normalized spacial score (nSPS) is 16.0. The zero-order valence-corrected chi connectivity index (χ0v) is 14.4. The van der Waals surface area contributed by atoms with Gasteiger partial charge in [0, 0.05) is 18.3 Å². The SMILES string of the molecule is CCOc1ccc(NC(=O)c2ccc3c(c2)N(C)C(=O)C(C)O3)cc1. The van der Waals surface area contributed by atoms with Gasteiger partial charge in [0.15, 0.2) is 6.10 Å². The Hall–Kier alpha value is -3.02. The number of hydrogen-bond acceptors (Lipinski definition) is 4. The van der Waals surface area contributed by atoms with Crippen molar-refractivity contribution in [1.82, 2.24) is 0 Å². The van der Waals surface area contributed by atoms with E-state index in [1.165, 1.54) is 4.90 Å². The van der Waals surface area contributed by atoms with Crippen LogP contribution < -0.4 is 19.7 Å². The van der Waals surface area contributed by atoms with Gasteiger partial charge in [-0.15, -0.1) is 0 Å². The zero-order chi connectivity index (χ0) is 18.0. The van der Waals surface area contributed by atoms with Crippen LogP contribution in [0.5, 0.6) is 11.5 Å². The minimum Gasteiger partial charge on any atom is -0.494 e. The Labute approximate surface area is 146 Å². The summed E-state index contributed by atoms with van der Waals surface area (Å²) in [6, 6.07) is 12.2. The summed E-state index contributed by atoms with van der Waals surface area (Å²) >= 11 is 0. The van der Waals surface area contributed by atoms with E-state index in [0.29, 0.717) is 29.3 Å². The second kappa shape index (κ2) is 6.84. The highest BCUT2D eigenvalue weighted by Gasteiger charge is 2.29. The van der Waals surface area contributed by atoms with E-state index in [1.54, 1.807) is 56.4 Å². The Kier molecular flexibility index (Phi) is 4.61. The van der Waals surface area contributed by atoms with Crippen molar-refractivity contribution in [2.24, 2.45) is 0 Å². The molecule has 0 saturated heterocycles. The standard InChI is InChI=1S/C19H20N2O4/c1-4-24-15-8-6-14(7-9-15)20-18(22)13-5-10-17-16(11-13)21(3)19(23)12(2)25-17/h5-12H,4H2,1-3H3,(H,20,22). The van der Waals surface area contributed by atoms with Gasteiger partial charge in [0.1, 0.15) is 11.5 Å². The molecule has 0 saturated carbocycles. The lowest BCUT2D eigenvalue weighted by Crippen LogP contribution is -2.42. The number of rotatable bonds is 4. The number of hydrogen-bond donors (Lipinski definition) is 1. The van der Waals surface area contributed by atoms with Gasteiger partial charge in [-0.1, -0.05) is 0 Å². The summed E-state index contributed by atoms with van der Waals surface area (Å²) in [7, 11) is 1.67. The molecule has 6 heteroatoms. The summed E-state index contributed by atoms with van der Waals surface area (Å²) in [4.78, 5) is 26.0. The van der Waals surface area contributed by atoms with Crippen LogP contribution in [0.4, 0.5) is 11.4 Å². The quantitative estimate of drug-likeness (QED) is 0.929. The monoisotopic (exact) mass is 340 g/mol. The van der Waals surface area contributed by atoms with E-state index in [2.05, 4.69) is 5.32 Å². The topological polar surface area (TPSA) is 67.9 Å². The molecule has 0 spiro atoms. The summed E-state index contributed by atoms with van der Waals surface area (Å²) in [5.74, 6) is 0.941. The average molecular weight is 340 g/mol. The van der Waals surface area contributed by atoms with Crippen LogP contribution in [0.1, 0.15) is 24.2 Å². The van der Waals surface area contributed by atoms with Crippen LogP contribution in [0.25, 0.3) is 0 Å². The molecule has 1 unspecified atom stereocenters. The van der Waals surface area contributed by atoms with Gasteiger partial charge in [0.05, 0.1) is 12.3 Å². The fourth-order valence-corrected chi connectivity index (χ4v) is 2.66. The van der Waals surface area contributed by atoms with Gasteiger partial charge in [-0.25, -0.2) is 0 Å².